The summed E-state index contributed by atoms with van der Waals surface area (Å²) in [5.74, 6) is -1.03. The van der Waals surface area contributed by atoms with Crippen molar-refractivity contribution in [3.05, 3.63) is 64.5 Å². The number of anilines is 2. The highest BCUT2D eigenvalue weighted by Gasteiger charge is 2.14. The molecule has 0 amide bonds. The van der Waals surface area contributed by atoms with E-state index in [1.165, 1.54) is 6.07 Å². The second-order valence-corrected chi connectivity index (χ2v) is 6.03. The molecule has 2 N–H and O–H groups in total. The molecule has 24 heavy (non-hydrogen) atoms. The molecule has 0 aliphatic rings. The highest BCUT2D eigenvalue weighted by atomic mass is 35.5. The maximum Gasteiger partial charge on any atom is 0.337 e. The normalized spacial score (nSPS) is 10.6. The van der Waals surface area contributed by atoms with Crippen LogP contribution in [0.2, 0.25) is 10.0 Å². The fraction of sp³-hybridized carbons (Fsp3) is 0.0588. The minimum absolute atomic E-state index is 0.137. The van der Waals surface area contributed by atoms with Crippen molar-refractivity contribution in [3.63, 3.8) is 0 Å². The average molecular weight is 362 g/mol. The van der Waals surface area contributed by atoms with Crippen LogP contribution in [0.4, 0.5) is 11.4 Å². The Kier molecular flexibility index (Phi) is 4.46. The first-order valence-electron chi connectivity index (χ1n) is 7.02. The van der Waals surface area contributed by atoms with Gasteiger partial charge in [0.2, 0.25) is 0 Å². The Labute approximate surface area is 148 Å². The van der Waals surface area contributed by atoms with Crippen LogP contribution < -0.4 is 5.32 Å². The monoisotopic (exact) mass is 361 g/mol. The highest BCUT2D eigenvalue weighted by molar-refractivity contribution is 6.39. The Morgan fingerprint density at radius 3 is 2.46 bits per heavy atom. The van der Waals surface area contributed by atoms with Crippen molar-refractivity contribution in [2.24, 2.45) is 7.05 Å². The number of aryl methyl sites for hydroxylation is 1. The van der Waals surface area contributed by atoms with E-state index in [1.807, 2.05) is 17.8 Å². The number of hydrogen-bond donors (Lipinski definition) is 2. The molecule has 3 rings (SSSR count). The number of carbonyl (C=O) groups is 1. The number of hydrogen-bond acceptors (Lipinski definition) is 3. The Balaban J connectivity index is 2.00. The molecule has 0 aliphatic heterocycles. The molecule has 0 radical (unpaired) electrons. The molecule has 122 valence electrons. The van der Waals surface area contributed by atoms with Crippen molar-refractivity contribution in [3.8, 4) is 11.3 Å². The molecule has 0 spiro atoms. The third-order valence-electron chi connectivity index (χ3n) is 3.46. The molecule has 1 heterocycles. The van der Waals surface area contributed by atoms with Gasteiger partial charge in [-0.1, -0.05) is 35.3 Å². The van der Waals surface area contributed by atoms with E-state index in [0.29, 0.717) is 21.4 Å². The Hall–Kier alpha value is -2.50. The minimum atomic E-state index is -1.03. The lowest BCUT2D eigenvalue weighted by molar-refractivity contribution is 0.0698. The van der Waals surface area contributed by atoms with Gasteiger partial charge >= 0.3 is 5.97 Å². The lowest BCUT2D eigenvalue weighted by Gasteiger charge is -2.13. The van der Waals surface area contributed by atoms with Gasteiger partial charge in [-0.05, 0) is 24.3 Å². The number of benzene rings is 2. The molecule has 0 fully saturated rings. The fourth-order valence-electron chi connectivity index (χ4n) is 2.32. The predicted octanol–water partition coefficient (Wildman–Crippen LogP) is 4.84. The number of nitrogens with zero attached hydrogens (tertiary/aromatic N) is 2. The average Bonchev–Trinajstić information content (AvgIpc) is 2.97. The molecular weight excluding hydrogens is 349 g/mol. The topological polar surface area (TPSA) is 67.2 Å². The number of carboxylic acid groups (broad SMARTS) is 1. The summed E-state index contributed by atoms with van der Waals surface area (Å²) < 4.78 is 1.83. The highest BCUT2D eigenvalue weighted by Crippen LogP contribution is 2.37. The van der Waals surface area contributed by atoms with Crippen LogP contribution >= 0.6 is 23.2 Å². The number of halogens is 2. The number of para-hydroxylation sites is 1. The van der Waals surface area contributed by atoms with E-state index in [-0.39, 0.29) is 5.56 Å². The molecule has 0 atom stereocenters. The zero-order chi connectivity index (χ0) is 17.3. The maximum absolute atomic E-state index is 11.3. The summed E-state index contributed by atoms with van der Waals surface area (Å²) >= 11 is 12.7. The summed E-state index contributed by atoms with van der Waals surface area (Å²) in [7, 11) is 1.87. The number of aromatic carboxylic acids is 1. The van der Waals surface area contributed by atoms with Crippen LogP contribution in [-0.2, 0) is 7.05 Å². The van der Waals surface area contributed by atoms with Crippen molar-refractivity contribution in [1.82, 2.24) is 9.55 Å². The molecule has 2 aromatic carbocycles. The van der Waals surface area contributed by atoms with Gasteiger partial charge in [0.15, 0.2) is 0 Å². The maximum atomic E-state index is 11.3. The molecule has 0 unspecified atom stereocenters. The van der Waals surface area contributed by atoms with Gasteiger partial charge in [-0.3, -0.25) is 0 Å². The van der Waals surface area contributed by atoms with Crippen LogP contribution in [0.3, 0.4) is 0 Å². The lowest BCUT2D eigenvalue weighted by atomic mass is 10.1. The zero-order valence-corrected chi connectivity index (χ0v) is 14.1. The van der Waals surface area contributed by atoms with Gasteiger partial charge in [-0.15, -0.1) is 0 Å². The summed E-state index contributed by atoms with van der Waals surface area (Å²) in [4.78, 5) is 15.6. The molecule has 1 aromatic heterocycles. The first kappa shape index (κ1) is 16.4. The summed E-state index contributed by atoms with van der Waals surface area (Å²) in [6.45, 7) is 0. The number of aromatic nitrogens is 2. The molecule has 0 saturated carbocycles. The third kappa shape index (κ3) is 3.22. The van der Waals surface area contributed by atoms with Crippen molar-refractivity contribution in [2.75, 3.05) is 5.32 Å². The van der Waals surface area contributed by atoms with E-state index in [9.17, 15) is 9.90 Å². The van der Waals surface area contributed by atoms with Gasteiger partial charge in [0.1, 0.15) is 0 Å². The van der Waals surface area contributed by atoms with Gasteiger partial charge in [0.05, 0.1) is 39.0 Å². The van der Waals surface area contributed by atoms with Crippen molar-refractivity contribution in [2.45, 2.75) is 0 Å². The van der Waals surface area contributed by atoms with Gasteiger partial charge in [-0.2, -0.15) is 0 Å². The summed E-state index contributed by atoms with van der Waals surface area (Å²) in [5, 5.41) is 13.0. The predicted molar refractivity (Wildman–Crippen MR) is 95.3 cm³/mol. The van der Waals surface area contributed by atoms with Crippen LogP contribution in [0.5, 0.6) is 0 Å². The van der Waals surface area contributed by atoms with E-state index in [2.05, 4.69) is 10.3 Å². The van der Waals surface area contributed by atoms with Crippen LogP contribution in [0, 0.1) is 0 Å². The Morgan fingerprint density at radius 2 is 1.88 bits per heavy atom. The largest absolute Gasteiger partial charge is 0.478 e. The number of carboxylic acids is 1. The Bertz CT molecular complexity index is 899. The van der Waals surface area contributed by atoms with Gasteiger partial charge in [0.25, 0.3) is 0 Å². The van der Waals surface area contributed by atoms with Gasteiger partial charge in [0, 0.05) is 18.8 Å². The lowest BCUT2D eigenvalue weighted by Crippen LogP contribution is -2.03. The van der Waals surface area contributed by atoms with E-state index < -0.39 is 5.97 Å². The third-order valence-corrected chi connectivity index (χ3v) is 4.06. The second-order valence-electron chi connectivity index (χ2n) is 5.22. The number of imidazole rings is 1. The molecule has 3 aromatic rings. The summed E-state index contributed by atoms with van der Waals surface area (Å²) in [6, 6.07) is 10.0. The van der Waals surface area contributed by atoms with Crippen LogP contribution in [-0.4, -0.2) is 20.6 Å². The van der Waals surface area contributed by atoms with E-state index in [4.69, 9.17) is 23.2 Å². The van der Waals surface area contributed by atoms with Crippen LogP contribution in [0.15, 0.2) is 48.9 Å². The number of nitrogens with one attached hydrogen (secondary N) is 1. The first-order chi connectivity index (χ1) is 11.5. The first-order valence-corrected chi connectivity index (χ1v) is 7.78. The molecule has 0 saturated heterocycles. The molecular formula is C17H13Cl2N3O2. The SMILES string of the molecule is Cn1cnc(-c2cc(Cl)c(Nc3ccccc3C(=O)O)c(Cl)c2)c1. The Morgan fingerprint density at radius 1 is 1.21 bits per heavy atom. The quantitative estimate of drug-likeness (QED) is 0.697. The molecule has 7 heteroatoms. The molecule has 5 nitrogen and oxygen atoms in total. The van der Waals surface area contributed by atoms with Gasteiger partial charge in [-0.25, -0.2) is 9.78 Å². The van der Waals surface area contributed by atoms with Crippen molar-refractivity contribution >= 4 is 40.5 Å². The molecule has 0 bridgehead atoms. The fourth-order valence-corrected chi connectivity index (χ4v) is 2.90. The smallest absolute Gasteiger partial charge is 0.337 e. The van der Waals surface area contributed by atoms with Crippen molar-refractivity contribution in [1.29, 1.82) is 0 Å². The number of rotatable bonds is 4. The van der Waals surface area contributed by atoms with Crippen LogP contribution in [0.25, 0.3) is 11.3 Å². The second kappa shape index (κ2) is 6.55. The van der Waals surface area contributed by atoms with E-state index >= 15 is 0 Å². The minimum Gasteiger partial charge on any atom is -0.478 e. The van der Waals surface area contributed by atoms with E-state index in [0.717, 1.165) is 11.3 Å². The zero-order valence-electron chi connectivity index (χ0n) is 12.6. The van der Waals surface area contributed by atoms with Gasteiger partial charge < -0.3 is 15.0 Å². The van der Waals surface area contributed by atoms with Crippen LogP contribution in [0.1, 0.15) is 10.4 Å². The summed E-state index contributed by atoms with van der Waals surface area (Å²) in [5.41, 5.74) is 2.53. The van der Waals surface area contributed by atoms with E-state index in [1.54, 1.807) is 36.7 Å². The summed E-state index contributed by atoms with van der Waals surface area (Å²) in [6.07, 6.45) is 3.54. The molecule has 0 aliphatic carbocycles. The standard InChI is InChI=1S/C17H13Cl2N3O2/c1-22-8-15(20-9-22)10-6-12(18)16(13(19)7-10)21-14-5-3-2-4-11(14)17(23)24/h2-9,21H,1H3,(H,23,24). The van der Waals surface area contributed by atoms with Crippen molar-refractivity contribution < 1.29 is 9.90 Å².